The van der Waals surface area contributed by atoms with Gasteiger partial charge in [0.2, 0.25) is 0 Å². The number of hydrogen-bond acceptors (Lipinski definition) is 1. The van der Waals surface area contributed by atoms with Crippen molar-refractivity contribution in [2.45, 2.75) is 13.0 Å². The molecule has 0 heterocycles. The van der Waals surface area contributed by atoms with Crippen molar-refractivity contribution in [2.24, 2.45) is 0 Å². The summed E-state index contributed by atoms with van der Waals surface area (Å²) in [5.41, 5.74) is 8.15. The van der Waals surface area contributed by atoms with Crippen LogP contribution in [0.2, 0.25) is 0 Å². The molecule has 1 nitrogen and oxygen atoms in total. The van der Waals surface area contributed by atoms with Gasteiger partial charge in [0.1, 0.15) is 0 Å². The molecule has 21 heavy (non-hydrogen) atoms. The summed E-state index contributed by atoms with van der Waals surface area (Å²) in [7, 11) is 0. The molecule has 0 unspecified atom stereocenters. The van der Waals surface area contributed by atoms with Gasteiger partial charge in [0.25, 0.3) is 0 Å². The fourth-order valence-electron chi connectivity index (χ4n) is 3.06. The molecule has 0 fully saturated rings. The molecule has 0 bridgehead atoms. The average molecular weight is 271 g/mol. The minimum Gasteiger partial charge on any atom is -0.381 e. The zero-order valence-electron chi connectivity index (χ0n) is 11.8. The Morgan fingerprint density at radius 3 is 2.38 bits per heavy atom. The van der Waals surface area contributed by atoms with Crippen molar-refractivity contribution >= 4 is 5.69 Å². The highest BCUT2D eigenvalue weighted by Gasteiger charge is 2.17. The van der Waals surface area contributed by atoms with Crippen LogP contribution in [0.3, 0.4) is 0 Å². The van der Waals surface area contributed by atoms with Crippen LogP contribution in [-0.2, 0) is 13.0 Å². The van der Waals surface area contributed by atoms with Crippen molar-refractivity contribution in [2.75, 3.05) is 5.32 Å². The van der Waals surface area contributed by atoms with E-state index in [0.717, 1.165) is 13.0 Å². The summed E-state index contributed by atoms with van der Waals surface area (Å²) in [6.45, 7) is 0.868. The molecule has 3 aromatic carbocycles. The summed E-state index contributed by atoms with van der Waals surface area (Å²) in [6, 6.07) is 25.9. The first kappa shape index (κ1) is 12.2. The van der Waals surface area contributed by atoms with Gasteiger partial charge < -0.3 is 5.32 Å². The number of fused-ring (bicyclic) bond motifs is 3. The molecule has 0 aromatic heterocycles. The van der Waals surface area contributed by atoms with E-state index in [0.29, 0.717) is 0 Å². The smallest absolute Gasteiger partial charge is 0.0400 e. The molecular formula is C20H17N. The quantitative estimate of drug-likeness (QED) is 0.560. The van der Waals surface area contributed by atoms with Gasteiger partial charge in [0, 0.05) is 12.2 Å². The van der Waals surface area contributed by atoms with E-state index in [-0.39, 0.29) is 0 Å². The average Bonchev–Trinajstić information content (AvgIpc) is 2.91. The maximum absolute atomic E-state index is 3.52. The Morgan fingerprint density at radius 2 is 1.48 bits per heavy atom. The van der Waals surface area contributed by atoms with Crippen molar-refractivity contribution in [1.82, 2.24) is 0 Å². The van der Waals surface area contributed by atoms with Gasteiger partial charge in [-0.2, -0.15) is 0 Å². The summed E-state index contributed by atoms with van der Waals surface area (Å²) < 4.78 is 0. The molecular weight excluding hydrogens is 254 g/mol. The van der Waals surface area contributed by atoms with Gasteiger partial charge in [0.15, 0.2) is 0 Å². The van der Waals surface area contributed by atoms with Gasteiger partial charge in [-0.15, -0.1) is 0 Å². The molecule has 3 aromatic rings. The molecule has 0 aliphatic heterocycles. The number of benzene rings is 3. The maximum atomic E-state index is 3.52. The second-order valence-electron chi connectivity index (χ2n) is 5.55. The van der Waals surface area contributed by atoms with Crippen molar-refractivity contribution in [3.8, 4) is 11.1 Å². The molecule has 1 N–H and O–H groups in total. The third kappa shape index (κ3) is 2.31. The SMILES string of the molecule is c1ccc(CNc2ccc3c(c2)Cc2ccccc2-3)cc1. The third-order valence-electron chi connectivity index (χ3n) is 4.13. The van der Waals surface area contributed by atoms with Gasteiger partial charge in [-0.05, 0) is 46.4 Å². The molecule has 0 saturated carbocycles. The van der Waals surface area contributed by atoms with E-state index in [4.69, 9.17) is 0 Å². The first-order valence-electron chi connectivity index (χ1n) is 7.39. The monoisotopic (exact) mass is 271 g/mol. The lowest BCUT2D eigenvalue weighted by Crippen LogP contribution is -1.99. The Balaban J connectivity index is 1.56. The highest BCUT2D eigenvalue weighted by atomic mass is 14.9. The predicted molar refractivity (Wildman–Crippen MR) is 88.5 cm³/mol. The fourth-order valence-corrected chi connectivity index (χ4v) is 3.06. The van der Waals surface area contributed by atoms with Crippen molar-refractivity contribution in [1.29, 1.82) is 0 Å². The fraction of sp³-hybridized carbons (Fsp3) is 0.100. The molecule has 102 valence electrons. The molecule has 0 saturated heterocycles. The van der Waals surface area contributed by atoms with E-state index in [9.17, 15) is 0 Å². The van der Waals surface area contributed by atoms with Crippen LogP contribution in [0.1, 0.15) is 16.7 Å². The van der Waals surface area contributed by atoms with Crippen LogP contribution in [0.15, 0.2) is 72.8 Å². The first-order chi connectivity index (χ1) is 10.4. The molecule has 0 radical (unpaired) electrons. The van der Waals surface area contributed by atoms with Crippen LogP contribution in [-0.4, -0.2) is 0 Å². The van der Waals surface area contributed by atoms with E-state index in [1.54, 1.807) is 0 Å². The van der Waals surface area contributed by atoms with Crippen LogP contribution >= 0.6 is 0 Å². The van der Waals surface area contributed by atoms with E-state index in [1.165, 1.54) is 33.5 Å². The summed E-state index contributed by atoms with van der Waals surface area (Å²) in [5.74, 6) is 0. The lowest BCUT2D eigenvalue weighted by Gasteiger charge is -2.09. The van der Waals surface area contributed by atoms with Crippen molar-refractivity contribution in [3.05, 3.63) is 89.5 Å². The summed E-state index contributed by atoms with van der Waals surface area (Å²) in [6.07, 6.45) is 1.05. The van der Waals surface area contributed by atoms with E-state index >= 15 is 0 Å². The number of nitrogens with one attached hydrogen (secondary N) is 1. The zero-order valence-corrected chi connectivity index (χ0v) is 11.8. The molecule has 1 aliphatic carbocycles. The van der Waals surface area contributed by atoms with Crippen LogP contribution in [0.4, 0.5) is 5.69 Å². The molecule has 0 spiro atoms. The summed E-state index contributed by atoms with van der Waals surface area (Å²) in [4.78, 5) is 0. The normalized spacial score (nSPS) is 11.8. The van der Waals surface area contributed by atoms with Crippen LogP contribution in [0.5, 0.6) is 0 Å². The van der Waals surface area contributed by atoms with Crippen molar-refractivity contribution in [3.63, 3.8) is 0 Å². The minimum atomic E-state index is 0.868. The Labute approximate surface area is 125 Å². The van der Waals surface area contributed by atoms with Gasteiger partial charge in [-0.25, -0.2) is 0 Å². The van der Waals surface area contributed by atoms with Gasteiger partial charge in [0.05, 0.1) is 0 Å². The van der Waals surface area contributed by atoms with E-state index in [1.807, 2.05) is 0 Å². The number of anilines is 1. The molecule has 4 rings (SSSR count). The Bertz CT molecular complexity index is 775. The second-order valence-corrected chi connectivity index (χ2v) is 5.55. The summed E-state index contributed by atoms with van der Waals surface area (Å²) >= 11 is 0. The van der Waals surface area contributed by atoms with Gasteiger partial charge in [-0.3, -0.25) is 0 Å². The molecule has 1 heteroatoms. The maximum Gasteiger partial charge on any atom is 0.0400 e. The largest absolute Gasteiger partial charge is 0.381 e. The van der Waals surface area contributed by atoms with Gasteiger partial charge in [-0.1, -0.05) is 60.7 Å². The Hall–Kier alpha value is -2.54. The Morgan fingerprint density at radius 1 is 0.714 bits per heavy atom. The Kier molecular flexibility index (Phi) is 2.97. The van der Waals surface area contributed by atoms with Crippen LogP contribution < -0.4 is 5.32 Å². The first-order valence-corrected chi connectivity index (χ1v) is 7.39. The zero-order chi connectivity index (χ0) is 14.1. The van der Waals surface area contributed by atoms with Gasteiger partial charge >= 0.3 is 0 Å². The highest BCUT2D eigenvalue weighted by molar-refractivity contribution is 5.78. The molecule has 0 amide bonds. The standard InChI is InChI=1S/C20H17N/c1-2-6-15(7-3-1)14-21-18-10-11-20-17(13-18)12-16-8-4-5-9-19(16)20/h1-11,13,21H,12,14H2. The van der Waals surface area contributed by atoms with Crippen molar-refractivity contribution < 1.29 is 0 Å². The van der Waals surface area contributed by atoms with E-state index in [2.05, 4.69) is 78.1 Å². The topological polar surface area (TPSA) is 12.0 Å². The van der Waals surface area contributed by atoms with Crippen LogP contribution in [0.25, 0.3) is 11.1 Å². The minimum absolute atomic E-state index is 0.868. The summed E-state index contributed by atoms with van der Waals surface area (Å²) in [5, 5.41) is 3.52. The lowest BCUT2D eigenvalue weighted by molar-refractivity contribution is 1.14. The third-order valence-corrected chi connectivity index (χ3v) is 4.13. The molecule has 1 aliphatic rings. The van der Waals surface area contributed by atoms with E-state index < -0.39 is 0 Å². The second kappa shape index (κ2) is 5.10. The lowest BCUT2D eigenvalue weighted by atomic mass is 10.1. The number of rotatable bonds is 3. The predicted octanol–water partition coefficient (Wildman–Crippen LogP) is 4.87. The number of hydrogen-bond donors (Lipinski definition) is 1. The molecule has 0 atom stereocenters. The highest BCUT2D eigenvalue weighted by Crippen LogP contribution is 2.37. The van der Waals surface area contributed by atoms with Crippen LogP contribution in [0, 0.1) is 0 Å².